The van der Waals surface area contributed by atoms with Gasteiger partial charge < -0.3 is 16.0 Å². The predicted octanol–water partition coefficient (Wildman–Crippen LogP) is 0.877. The van der Waals surface area contributed by atoms with Crippen molar-refractivity contribution in [2.45, 2.75) is 58.0 Å². The van der Waals surface area contributed by atoms with E-state index in [1.165, 1.54) is 0 Å². The molecule has 2 atom stereocenters. The van der Waals surface area contributed by atoms with Crippen LogP contribution in [-0.2, 0) is 9.59 Å². The first-order chi connectivity index (χ1) is 8.95. The van der Waals surface area contributed by atoms with Crippen molar-refractivity contribution >= 4 is 11.8 Å². The highest BCUT2D eigenvalue weighted by Crippen LogP contribution is 2.24. The van der Waals surface area contributed by atoms with Crippen molar-refractivity contribution < 1.29 is 9.59 Å². The second kappa shape index (κ2) is 7.48. The topological polar surface area (TPSA) is 75.4 Å². The van der Waals surface area contributed by atoms with E-state index in [0.29, 0.717) is 13.0 Å². The molecular formula is C14H27N3O2. The molecule has 5 nitrogen and oxygen atoms in total. The molecule has 110 valence electrons. The van der Waals surface area contributed by atoms with Gasteiger partial charge in [-0.05, 0) is 26.7 Å². The average molecular weight is 269 g/mol. The van der Waals surface area contributed by atoms with Gasteiger partial charge in [-0.15, -0.1) is 0 Å². The molecule has 1 rings (SSSR count). The van der Waals surface area contributed by atoms with Crippen LogP contribution >= 0.6 is 0 Å². The van der Waals surface area contributed by atoms with Gasteiger partial charge >= 0.3 is 0 Å². The number of likely N-dealkylation sites (N-methyl/N-ethyl adjacent to an activating group) is 1. The standard InChI is InChI=1S/C14H27N3O2/c1-10(8-13(18)17(3)11(2)9-15)16-14(19)12-6-4-5-7-12/h10-12H,4-9,15H2,1-3H3,(H,16,19). The van der Waals surface area contributed by atoms with E-state index in [2.05, 4.69) is 5.32 Å². The van der Waals surface area contributed by atoms with E-state index in [-0.39, 0.29) is 29.8 Å². The monoisotopic (exact) mass is 269 g/mol. The highest BCUT2D eigenvalue weighted by molar-refractivity contribution is 5.81. The van der Waals surface area contributed by atoms with Crippen LogP contribution in [0.2, 0.25) is 0 Å². The van der Waals surface area contributed by atoms with Gasteiger partial charge in [0, 0.05) is 38.0 Å². The van der Waals surface area contributed by atoms with Crippen molar-refractivity contribution in [2.75, 3.05) is 13.6 Å². The van der Waals surface area contributed by atoms with Gasteiger partial charge in [0.2, 0.25) is 11.8 Å². The van der Waals surface area contributed by atoms with Crippen LogP contribution in [0.25, 0.3) is 0 Å². The molecule has 0 saturated heterocycles. The summed E-state index contributed by atoms with van der Waals surface area (Å²) in [6, 6.07) is -0.0849. The lowest BCUT2D eigenvalue weighted by Gasteiger charge is -2.25. The second-order valence-electron chi connectivity index (χ2n) is 5.68. The summed E-state index contributed by atoms with van der Waals surface area (Å²) < 4.78 is 0. The van der Waals surface area contributed by atoms with Crippen molar-refractivity contribution in [3.05, 3.63) is 0 Å². The maximum Gasteiger partial charge on any atom is 0.224 e. The van der Waals surface area contributed by atoms with Crippen LogP contribution in [0, 0.1) is 5.92 Å². The molecule has 0 heterocycles. The molecule has 5 heteroatoms. The maximum atomic E-state index is 12.0. The third-order valence-electron chi connectivity index (χ3n) is 3.99. The van der Waals surface area contributed by atoms with Crippen molar-refractivity contribution in [1.82, 2.24) is 10.2 Å². The van der Waals surface area contributed by atoms with Crippen molar-refractivity contribution in [1.29, 1.82) is 0 Å². The van der Waals surface area contributed by atoms with Gasteiger partial charge in [-0.3, -0.25) is 9.59 Å². The maximum absolute atomic E-state index is 12.0. The van der Waals surface area contributed by atoms with E-state index in [4.69, 9.17) is 5.73 Å². The fourth-order valence-electron chi connectivity index (χ4n) is 2.41. The SMILES string of the molecule is CC(CC(=O)N(C)C(C)CN)NC(=O)C1CCCC1. The first-order valence-corrected chi connectivity index (χ1v) is 7.21. The Bertz CT molecular complexity index is 314. The quantitative estimate of drug-likeness (QED) is 0.751. The van der Waals surface area contributed by atoms with E-state index in [9.17, 15) is 9.59 Å². The van der Waals surface area contributed by atoms with Gasteiger partial charge in [-0.1, -0.05) is 12.8 Å². The Hall–Kier alpha value is -1.10. The van der Waals surface area contributed by atoms with Crippen molar-refractivity contribution in [3.8, 4) is 0 Å². The van der Waals surface area contributed by atoms with Crippen LogP contribution in [0.1, 0.15) is 46.0 Å². The second-order valence-corrected chi connectivity index (χ2v) is 5.68. The van der Waals surface area contributed by atoms with Crippen LogP contribution in [0.5, 0.6) is 0 Å². The molecule has 19 heavy (non-hydrogen) atoms. The molecular weight excluding hydrogens is 242 g/mol. The number of nitrogens with two attached hydrogens (primary N) is 1. The zero-order chi connectivity index (χ0) is 14.4. The molecule has 0 spiro atoms. The fraction of sp³-hybridized carbons (Fsp3) is 0.857. The number of nitrogens with zero attached hydrogens (tertiary/aromatic N) is 1. The summed E-state index contributed by atoms with van der Waals surface area (Å²) in [5.74, 6) is 0.280. The Morgan fingerprint density at radius 3 is 2.42 bits per heavy atom. The van der Waals surface area contributed by atoms with E-state index < -0.39 is 0 Å². The van der Waals surface area contributed by atoms with E-state index in [0.717, 1.165) is 25.7 Å². The molecule has 0 aliphatic heterocycles. The van der Waals surface area contributed by atoms with Crippen LogP contribution in [0.15, 0.2) is 0 Å². The third-order valence-corrected chi connectivity index (χ3v) is 3.99. The molecule has 1 aliphatic carbocycles. The van der Waals surface area contributed by atoms with E-state index in [1.807, 2.05) is 13.8 Å². The molecule has 1 fully saturated rings. The van der Waals surface area contributed by atoms with Gasteiger partial charge in [-0.25, -0.2) is 0 Å². The first kappa shape index (κ1) is 16.0. The molecule has 0 radical (unpaired) electrons. The molecule has 2 amide bonds. The number of carbonyl (C=O) groups excluding carboxylic acids is 2. The molecule has 0 aromatic rings. The van der Waals surface area contributed by atoms with Crippen LogP contribution in [-0.4, -0.2) is 42.4 Å². The number of hydrogen-bond acceptors (Lipinski definition) is 3. The molecule has 0 bridgehead atoms. The normalized spacial score (nSPS) is 18.9. The third kappa shape index (κ3) is 4.82. The lowest BCUT2D eigenvalue weighted by Crippen LogP contribution is -2.44. The first-order valence-electron chi connectivity index (χ1n) is 7.21. The molecule has 0 aromatic carbocycles. The molecule has 0 aromatic heterocycles. The summed E-state index contributed by atoms with van der Waals surface area (Å²) in [6.45, 7) is 4.25. The average Bonchev–Trinajstić information content (AvgIpc) is 2.90. The molecule has 2 unspecified atom stereocenters. The van der Waals surface area contributed by atoms with Crippen LogP contribution < -0.4 is 11.1 Å². The number of rotatable bonds is 6. The molecule has 3 N–H and O–H groups in total. The Morgan fingerprint density at radius 2 is 1.89 bits per heavy atom. The minimum Gasteiger partial charge on any atom is -0.353 e. The van der Waals surface area contributed by atoms with Gasteiger partial charge in [0.25, 0.3) is 0 Å². The summed E-state index contributed by atoms with van der Waals surface area (Å²) in [6.07, 6.45) is 4.58. The Labute approximate surface area is 115 Å². The van der Waals surface area contributed by atoms with Crippen LogP contribution in [0.4, 0.5) is 0 Å². The summed E-state index contributed by atoms with van der Waals surface area (Å²) in [5.41, 5.74) is 5.54. The lowest BCUT2D eigenvalue weighted by molar-refractivity contribution is -0.132. The smallest absolute Gasteiger partial charge is 0.224 e. The van der Waals surface area contributed by atoms with Gasteiger partial charge in [-0.2, -0.15) is 0 Å². The summed E-state index contributed by atoms with van der Waals surface area (Å²) in [4.78, 5) is 25.6. The van der Waals surface area contributed by atoms with Crippen molar-refractivity contribution in [2.24, 2.45) is 11.7 Å². The molecule has 1 aliphatic rings. The largest absolute Gasteiger partial charge is 0.353 e. The summed E-state index contributed by atoms with van der Waals surface area (Å²) >= 11 is 0. The Morgan fingerprint density at radius 1 is 1.32 bits per heavy atom. The number of amides is 2. The zero-order valence-corrected chi connectivity index (χ0v) is 12.3. The van der Waals surface area contributed by atoms with E-state index in [1.54, 1.807) is 11.9 Å². The highest BCUT2D eigenvalue weighted by atomic mass is 16.2. The summed E-state index contributed by atoms with van der Waals surface area (Å²) in [5, 5.41) is 2.95. The van der Waals surface area contributed by atoms with Gasteiger partial charge in [0.05, 0.1) is 0 Å². The zero-order valence-electron chi connectivity index (χ0n) is 12.3. The number of carbonyl (C=O) groups is 2. The fourth-order valence-corrected chi connectivity index (χ4v) is 2.41. The predicted molar refractivity (Wildman–Crippen MR) is 75.5 cm³/mol. The Kier molecular flexibility index (Phi) is 6.28. The Balaban J connectivity index is 2.35. The van der Waals surface area contributed by atoms with Gasteiger partial charge in [0.1, 0.15) is 0 Å². The van der Waals surface area contributed by atoms with Gasteiger partial charge in [0.15, 0.2) is 0 Å². The highest BCUT2D eigenvalue weighted by Gasteiger charge is 2.25. The minimum atomic E-state index is -0.118. The van der Waals surface area contributed by atoms with Crippen molar-refractivity contribution in [3.63, 3.8) is 0 Å². The van der Waals surface area contributed by atoms with E-state index >= 15 is 0 Å². The number of nitrogens with one attached hydrogen (secondary N) is 1. The lowest BCUT2D eigenvalue weighted by atomic mass is 10.1. The number of hydrogen-bond donors (Lipinski definition) is 2. The minimum absolute atomic E-state index is 0.0252. The summed E-state index contributed by atoms with van der Waals surface area (Å²) in [7, 11) is 1.76. The van der Waals surface area contributed by atoms with Crippen LogP contribution in [0.3, 0.4) is 0 Å². The molecule has 1 saturated carbocycles.